The summed E-state index contributed by atoms with van der Waals surface area (Å²) in [6.07, 6.45) is 2.44. The summed E-state index contributed by atoms with van der Waals surface area (Å²) < 4.78 is 27.8. The van der Waals surface area contributed by atoms with Crippen LogP contribution in [0.25, 0.3) is 0 Å². The zero-order chi connectivity index (χ0) is 16.1. The predicted octanol–water partition coefficient (Wildman–Crippen LogP) is 2.16. The molecule has 0 radical (unpaired) electrons. The molecule has 5 nitrogen and oxygen atoms in total. The third-order valence-corrected chi connectivity index (χ3v) is 6.24. The van der Waals surface area contributed by atoms with Crippen LogP contribution in [0.2, 0.25) is 0 Å². The van der Waals surface area contributed by atoms with Crippen LogP contribution in [0.3, 0.4) is 0 Å². The van der Waals surface area contributed by atoms with Crippen molar-refractivity contribution in [2.24, 2.45) is 0 Å². The molecule has 2 heterocycles. The van der Waals surface area contributed by atoms with Gasteiger partial charge in [0.15, 0.2) is 0 Å². The molecule has 2 atom stereocenters. The van der Waals surface area contributed by atoms with Crippen molar-refractivity contribution >= 4 is 21.6 Å². The van der Waals surface area contributed by atoms with Crippen molar-refractivity contribution in [2.45, 2.75) is 56.9 Å². The van der Waals surface area contributed by atoms with E-state index in [9.17, 15) is 13.2 Å². The van der Waals surface area contributed by atoms with Gasteiger partial charge in [-0.3, -0.25) is 4.79 Å². The second kappa shape index (κ2) is 5.35. The third-order valence-electron chi connectivity index (χ3n) is 4.67. The molecular formula is C16H22N2O3S. The number of nitrogens with one attached hydrogen (secondary N) is 1. The van der Waals surface area contributed by atoms with Gasteiger partial charge < -0.3 is 4.90 Å². The van der Waals surface area contributed by atoms with Gasteiger partial charge in [-0.25, -0.2) is 13.1 Å². The molecule has 0 aromatic heterocycles. The van der Waals surface area contributed by atoms with Gasteiger partial charge in [0.25, 0.3) is 0 Å². The molecule has 0 spiro atoms. The lowest BCUT2D eigenvalue weighted by Crippen LogP contribution is -2.33. The van der Waals surface area contributed by atoms with Crippen molar-refractivity contribution in [2.75, 3.05) is 11.4 Å². The summed E-state index contributed by atoms with van der Waals surface area (Å²) in [5.74, 6) is -0.175. The molecule has 0 fully saturated rings. The fourth-order valence-electron chi connectivity index (χ4n) is 3.24. The van der Waals surface area contributed by atoms with E-state index in [2.05, 4.69) is 4.72 Å². The largest absolute Gasteiger partial charge is 0.311 e. The van der Waals surface area contributed by atoms with Gasteiger partial charge in [0, 0.05) is 12.6 Å². The lowest BCUT2D eigenvalue weighted by Gasteiger charge is -2.26. The molecule has 0 unspecified atom stereocenters. The number of rotatable bonds is 4. The number of carbonyl (C=O) groups is 1. The molecule has 2 aliphatic rings. The van der Waals surface area contributed by atoms with E-state index in [0.29, 0.717) is 0 Å². The van der Waals surface area contributed by atoms with Gasteiger partial charge in [-0.1, -0.05) is 6.92 Å². The number of amides is 1. The monoisotopic (exact) mass is 322 g/mol. The van der Waals surface area contributed by atoms with Gasteiger partial charge in [0.05, 0.1) is 16.5 Å². The Morgan fingerprint density at radius 1 is 1.41 bits per heavy atom. The molecule has 22 heavy (non-hydrogen) atoms. The fraction of sp³-hybridized carbons (Fsp3) is 0.562. The molecule has 1 aromatic rings. The van der Waals surface area contributed by atoms with Gasteiger partial charge in [0.1, 0.15) is 0 Å². The quantitative estimate of drug-likeness (QED) is 0.924. The van der Waals surface area contributed by atoms with E-state index in [1.807, 2.05) is 25.7 Å². The number of aryl methyl sites for hydroxylation is 1. The van der Waals surface area contributed by atoms with Crippen LogP contribution in [0.1, 0.15) is 50.7 Å². The van der Waals surface area contributed by atoms with Crippen LogP contribution in [0.4, 0.5) is 5.69 Å². The number of anilines is 1. The highest BCUT2D eigenvalue weighted by molar-refractivity contribution is 7.89. The standard InChI is InChI=1S/C16H22N2O3S/c1-4-10(2)17-22(20,21)13-8-12-6-5-7-18-15(12)14(9-13)11(3)16(18)19/h8-11,17H,4-7H2,1-3H3/t10-,11-/m0/s1. The normalized spacial score (nSPS) is 21.9. The fourth-order valence-corrected chi connectivity index (χ4v) is 4.65. The number of carbonyl (C=O) groups excluding carboxylic acids is 1. The van der Waals surface area contributed by atoms with Crippen LogP contribution in [0, 0.1) is 0 Å². The molecule has 1 amide bonds. The summed E-state index contributed by atoms with van der Waals surface area (Å²) in [4.78, 5) is 14.4. The highest BCUT2D eigenvalue weighted by Gasteiger charge is 2.38. The van der Waals surface area contributed by atoms with Crippen molar-refractivity contribution < 1.29 is 13.2 Å². The van der Waals surface area contributed by atoms with Gasteiger partial charge in [-0.2, -0.15) is 0 Å². The Morgan fingerprint density at radius 3 is 2.82 bits per heavy atom. The summed E-state index contributed by atoms with van der Waals surface area (Å²) in [5.41, 5.74) is 2.78. The van der Waals surface area contributed by atoms with Gasteiger partial charge >= 0.3 is 0 Å². The summed E-state index contributed by atoms with van der Waals surface area (Å²) in [6.45, 7) is 6.39. The summed E-state index contributed by atoms with van der Waals surface area (Å²) in [6, 6.07) is 3.31. The summed E-state index contributed by atoms with van der Waals surface area (Å²) in [5, 5.41) is 0. The first-order valence-electron chi connectivity index (χ1n) is 7.85. The van der Waals surface area contributed by atoms with Crippen molar-refractivity contribution in [3.63, 3.8) is 0 Å². The summed E-state index contributed by atoms with van der Waals surface area (Å²) in [7, 11) is -3.54. The van der Waals surface area contributed by atoms with Crippen LogP contribution in [0.15, 0.2) is 17.0 Å². The SMILES string of the molecule is CC[C@H](C)NS(=O)(=O)c1cc2c3c(c1)[C@H](C)C(=O)N3CCC2. The average molecular weight is 322 g/mol. The molecule has 0 saturated heterocycles. The van der Waals surface area contributed by atoms with Crippen molar-refractivity contribution in [1.82, 2.24) is 4.72 Å². The predicted molar refractivity (Wildman–Crippen MR) is 85.6 cm³/mol. The van der Waals surface area contributed by atoms with Crippen LogP contribution in [-0.4, -0.2) is 26.9 Å². The van der Waals surface area contributed by atoms with Crippen LogP contribution in [-0.2, 0) is 21.2 Å². The minimum absolute atomic E-state index is 0.0837. The molecule has 120 valence electrons. The van der Waals surface area contributed by atoms with Crippen molar-refractivity contribution in [1.29, 1.82) is 0 Å². The van der Waals surface area contributed by atoms with E-state index >= 15 is 0 Å². The minimum Gasteiger partial charge on any atom is -0.311 e. The maximum absolute atomic E-state index is 12.5. The lowest BCUT2D eigenvalue weighted by molar-refractivity contribution is -0.119. The number of hydrogen-bond donors (Lipinski definition) is 1. The Morgan fingerprint density at radius 2 is 2.14 bits per heavy atom. The lowest BCUT2D eigenvalue weighted by atomic mass is 9.97. The minimum atomic E-state index is -3.54. The Bertz CT molecular complexity index is 727. The maximum atomic E-state index is 12.5. The second-order valence-corrected chi connectivity index (χ2v) is 7.98. The Kier molecular flexibility index (Phi) is 3.77. The first kappa shape index (κ1) is 15.5. The number of hydrogen-bond acceptors (Lipinski definition) is 3. The van der Waals surface area contributed by atoms with E-state index in [-0.39, 0.29) is 22.8 Å². The average Bonchev–Trinajstić information content (AvgIpc) is 2.74. The molecule has 1 N–H and O–H groups in total. The van der Waals surface area contributed by atoms with E-state index in [4.69, 9.17) is 0 Å². The topological polar surface area (TPSA) is 66.5 Å². The maximum Gasteiger partial charge on any atom is 0.240 e. The van der Waals surface area contributed by atoms with E-state index in [0.717, 1.165) is 42.6 Å². The molecule has 0 saturated carbocycles. The molecule has 1 aromatic carbocycles. The van der Waals surface area contributed by atoms with Crippen molar-refractivity contribution in [3.8, 4) is 0 Å². The van der Waals surface area contributed by atoms with Gasteiger partial charge in [-0.15, -0.1) is 0 Å². The van der Waals surface area contributed by atoms with Crippen LogP contribution < -0.4 is 9.62 Å². The van der Waals surface area contributed by atoms with Crippen molar-refractivity contribution in [3.05, 3.63) is 23.3 Å². The van der Waals surface area contributed by atoms with E-state index < -0.39 is 10.0 Å². The molecule has 0 aliphatic carbocycles. The number of sulfonamides is 1. The van der Waals surface area contributed by atoms with Gasteiger partial charge in [-0.05, 0) is 56.4 Å². The third kappa shape index (κ3) is 2.34. The Balaban J connectivity index is 2.09. The van der Waals surface area contributed by atoms with Crippen LogP contribution >= 0.6 is 0 Å². The zero-order valence-corrected chi connectivity index (χ0v) is 14.0. The highest BCUT2D eigenvalue weighted by Crippen LogP contribution is 2.43. The Hall–Kier alpha value is -1.40. The zero-order valence-electron chi connectivity index (χ0n) is 13.2. The first-order valence-corrected chi connectivity index (χ1v) is 9.34. The number of benzene rings is 1. The molecule has 6 heteroatoms. The van der Waals surface area contributed by atoms with Crippen LogP contribution in [0.5, 0.6) is 0 Å². The van der Waals surface area contributed by atoms with E-state index in [1.54, 1.807) is 12.1 Å². The summed E-state index contributed by atoms with van der Waals surface area (Å²) >= 11 is 0. The Labute approximate surface area is 131 Å². The smallest absolute Gasteiger partial charge is 0.240 e. The molecule has 2 aliphatic heterocycles. The van der Waals surface area contributed by atoms with E-state index in [1.165, 1.54) is 0 Å². The van der Waals surface area contributed by atoms with Gasteiger partial charge in [0.2, 0.25) is 15.9 Å². The molecule has 3 rings (SSSR count). The molecular weight excluding hydrogens is 300 g/mol. The molecule has 0 bridgehead atoms. The number of nitrogens with zero attached hydrogens (tertiary/aromatic N) is 1. The highest BCUT2D eigenvalue weighted by atomic mass is 32.2. The second-order valence-electron chi connectivity index (χ2n) is 6.27. The first-order chi connectivity index (χ1) is 10.3.